The van der Waals surface area contributed by atoms with Gasteiger partial charge in [-0.15, -0.1) is 10.2 Å². The Hall–Kier alpha value is -1.34. The molecule has 1 aromatic heterocycles. The SMILES string of the molecule is CCCn1c(SCC(=O)O)nnc1-c1ccc(C)cc1Br. The molecule has 5 nitrogen and oxygen atoms in total. The van der Waals surface area contributed by atoms with E-state index in [2.05, 4.69) is 33.1 Å². The molecule has 1 aromatic carbocycles. The van der Waals surface area contributed by atoms with Crippen molar-refractivity contribution in [3.63, 3.8) is 0 Å². The van der Waals surface area contributed by atoms with Crippen LogP contribution < -0.4 is 0 Å². The standard InChI is InChI=1S/C14H16BrN3O2S/c1-3-6-18-13(10-5-4-9(2)7-11(10)15)16-17-14(18)21-8-12(19)20/h4-5,7H,3,6,8H2,1-2H3,(H,19,20). The summed E-state index contributed by atoms with van der Waals surface area (Å²) in [4.78, 5) is 10.7. The molecule has 0 aliphatic rings. The van der Waals surface area contributed by atoms with Gasteiger partial charge in [-0.1, -0.05) is 40.7 Å². The van der Waals surface area contributed by atoms with Crippen molar-refractivity contribution in [2.45, 2.75) is 32.0 Å². The summed E-state index contributed by atoms with van der Waals surface area (Å²) in [7, 11) is 0. The highest BCUT2D eigenvalue weighted by atomic mass is 79.9. The Morgan fingerprint density at radius 2 is 2.19 bits per heavy atom. The smallest absolute Gasteiger partial charge is 0.313 e. The second-order valence-corrected chi connectivity index (χ2v) is 6.42. The number of hydrogen-bond donors (Lipinski definition) is 1. The van der Waals surface area contributed by atoms with Crippen molar-refractivity contribution >= 4 is 33.7 Å². The molecule has 0 bridgehead atoms. The Kier molecular flexibility index (Phi) is 5.41. The molecule has 0 amide bonds. The van der Waals surface area contributed by atoms with Crippen LogP contribution in [0.1, 0.15) is 18.9 Å². The van der Waals surface area contributed by atoms with Gasteiger partial charge in [-0.05, 0) is 31.0 Å². The number of aromatic nitrogens is 3. The number of carboxylic acids is 1. The number of thioether (sulfide) groups is 1. The van der Waals surface area contributed by atoms with Crippen LogP contribution in [0, 0.1) is 6.92 Å². The summed E-state index contributed by atoms with van der Waals surface area (Å²) in [5, 5.41) is 17.8. The van der Waals surface area contributed by atoms with Gasteiger partial charge in [0, 0.05) is 16.6 Å². The lowest BCUT2D eigenvalue weighted by atomic mass is 10.1. The normalized spacial score (nSPS) is 10.8. The van der Waals surface area contributed by atoms with Crippen LogP contribution >= 0.6 is 27.7 Å². The first kappa shape index (κ1) is 16.0. The molecule has 0 radical (unpaired) electrons. The molecule has 21 heavy (non-hydrogen) atoms. The van der Waals surface area contributed by atoms with E-state index in [4.69, 9.17) is 5.11 Å². The van der Waals surface area contributed by atoms with Crippen molar-refractivity contribution in [1.82, 2.24) is 14.8 Å². The van der Waals surface area contributed by atoms with Gasteiger partial charge in [-0.25, -0.2) is 0 Å². The molecule has 0 spiro atoms. The fourth-order valence-electron chi connectivity index (χ4n) is 1.95. The third kappa shape index (κ3) is 3.85. The Morgan fingerprint density at radius 3 is 2.81 bits per heavy atom. The van der Waals surface area contributed by atoms with E-state index in [0.717, 1.165) is 34.4 Å². The van der Waals surface area contributed by atoms with E-state index in [-0.39, 0.29) is 5.75 Å². The van der Waals surface area contributed by atoms with Gasteiger partial charge in [0.15, 0.2) is 11.0 Å². The van der Waals surface area contributed by atoms with Gasteiger partial charge in [0.25, 0.3) is 0 Å². The fourth-order valence-corrected chi connectivity index (χ4v) is 3.30. The molecule has 0 saturated carbocycles. The second kappa shape index (κ2) is 7.09. The third-order valence-electron chi connectivity index (χ3n) is 2.85. The number of halogens is 1. The van der Waals surface area contributed by atoms with E-state index in [1.807, 2.05) is 29.7 Å². The number of rotatable bonds is 6. The van der Waals surface area contributed by atoms with Crippen molar-refractivity contribution in [3.8, 4) is 11.4 Å². The van der Waals surface area contributed by atoms with Crippen LogP contribution in [0.25, 0.3) is 11.4 Å². The Labute approximate surface area is 135 Å². The molecule has 7 heteroatoms. The summed E-state index contributed by atoms with van der Waals surface area (Å²) in [6.45, 7) is 4.85. The molecule has 1 N–H and O–H groups in total. The van der Waals surface area contributed by atoms with Crippen molar-refractivity contribution in [1.29, 1.82) is 0 Å². The Balaban J connectivity index is 2.41. The molecule has 2 rings (SSSR count). The topological polar surface area (TPSA) is 68.0 Å². The number of aliphatic carboxylic acids is 1. The summed E-state index contributed by atoms with van der Waals surface area (Å²) >= 11 is 4.75. The number of hydrogen-bond acceptors (Lipinski definition) is 4. The van der Waals surface area contributed by atoms with E-state index < -0.39 is 5.97 Å². The molecule has 0 atom stereocenters. The molecule has 1 heterocycles. The third-order valence-corrected chi connectivity index (χ3v) is 4.46. The molecule has 0 unspecified atom stereocenters. The molecule has 112 valence electrons. The lowest BCUT2D eigenvalue weighted by molar-refractivity contribution is -0.133. The van der Waals surface area contributed by atoms with Crippen LogP contribution in [0.5, 0.6) is 0 Å². The fraction of sp³-hybridized carbons (Fsp3) is 0.357. The maximum atomic E-state index is 10.7. The zero-order valence-electron chi connectivity index (χ0n) is 11.8. The van der Waals surface area contributed by atoms with E-state index in [1.54, 1.807) is 0 Å². The highest BCUT2D eigenvalue weighted by molar-refractivity contribution is 9.10. The molecular formula is C14H16BrN3O2S. The van der Waals surface area contributed by atoms with Gasteiger partial charge in [0.1, 0.15) is 0 Å². The number of carbonyl (C=O) groups is 1. The summed E-state index contributed by atoms with van der Waals surface area (Å²) in [5.74, 6) is -0.113. The van der Waals surface area contributed by atoms with Gasteiger partial charge in [0.2, 0.25) is 0 Å². The first-order valence-corrected chi connectivity index (χ1v) is 8.35. The van der Waals surface area contributed by atoms with Crippen LogP contribution in [-0.4, -0.2) is 31.6 Å². The van der Waals surface area contributed by atoms with Crippen molar-refractivity contribution in [3.05, 3.63) is 28.2 Å². The predicted molar refractivity (Wildman–Crippen MR) is 86.5 cm³/mol. The minimum absolute atomic E-state index is 0.0169. The molecule has 0 aliphatic carbocycles. The van der Waals surface area contributed by atoms with Crippen LogP contribution in [0.3, 0.4) is 0 Å². The lowest BCUT2D eigenvalue weighted by Gasteiger charge is -2.10. The summed E-state index contributed by atoms with van der Waals surface area (Å²) in [6.07, 6.45) is 0.926. The van der Waals surface area contributed by atoms with Crippen molar-refractivity contribution in [2.24, 2.45) is 0 Å². The van der Waals surface area contributed by atoms with Gasteiger partial charge in [-0.3, -0.25) is 4.79 Å². The Morgan fingerprint density at radius 1 is 1.43 bits per heavy atom. The van der Waals surface area contributed by atoms with Crippen LogP contribution in [0.15, 0.2) is 27.8 Å². The molecular weight excluding hydrogens is 354 g/mol. The second-order valence-electron chi connectivity index (χ2n) is 4.62. The van der Waals surface area contributed by atoms with E-state index in [9.17, 15) is 4.79 Å². The number of carboxylic acid groups (broad SMARTS) is 1. The number of benzene rings is 1. The quantitative estimate of drug-likeness (QED) is 0.787. The Bertz CT molecular complexity index is 658. The van der Waals surface area contributed by atoms with E-state index in [1.165, 1.54) is 11.8 Å². The summed E-state index contributed by atoms with van der Waals surface area (Å²) < 4.78 is 2.94. The first-order valence-electron chi connectivity index (χ1n) is 6.57. The monoisotopic (exact) mass is 369 g/mol. The van der Waals surface area contributed by atoms with E-state index in [0.29, 0.717) is 5.16 Å². The van der Waals surface area contributed by atoms with Crippen LogP contribution in [0.4, 0.5) is 0 Å². The number of nitrogens with zero attached hydrogens (tertiary/aromatic N) is 3. The van der Waals surface area contributed by atoms with Crippen LogP contribution in [0.2, 0.25) is 0 Å². The maximum absolute atomic E-state index is 10.7. The minimum Gasteiger partial charge on any atom is -0.481 e. The van der Waals surface area contributed by atoms with Gasteiger partial charge >= 0.3 is 5.97 Å². The van der Waals surface area contributed by atoms with Crippen molar-refractivity contribution in [2.75, 3.05) is 5.75 Å². The predicted octanol–water partition coefficient (Wildman–Crippen LogP) is 3.60. The average molecular weight is 370 g/mol. The average Bonchev–Trinajstić information content (AvgIpc) is 2.80. The molecule has 0 fully saturated rings. The molecule has 2 aromatic rings. The number of aryl methyl sites for hydroxylation is 1. The zero-order valence-corrected chi connectivity index (χ0v) is 14.2. The first-order chi connectivity index (χ1) is 10.0. The molecule has 0 saturated heterocycles. The zero-order chi connectivity index (χ0) is 15.4. The maximum Gasteiger partial charge on any atom is 0.313 e. The highest BCUT2D eigenvalue weighted by Crippen LogP contribution is 2.30. The molecule has 0 aliphatic heterocycles. The van der Waals surface area contributed by atoms with Gasteiger partial charge in [-0.2, -0.15) is 0 Å². The van der Waals surface area contributed by atoms with Crippen LogP contribution in [-0.2, 0) is 11.3 Å². The largest absolute Gasteiger partial charge is 0.481 e. The van der Waals surface area contributed by atoms with E-state index >= 15 is 0 Å². The highest BCUT2D eigenvalue weighted by Gasteiger charge is 2.16. The minimum atomic E-state index is -0.857. The summed E-state index contributed by atoms with van der Waals surface area (Å²) in [6, 6.07) is 6.06. The van der Waals surface area contributed by atoms with Gasteiger partial charge < -0.3 is 9.67 Å². The summed E-state index contributed by atoms with van der Waals surface area (Å²) in [5.41, 5.74) is 2.12. The lowest BCUT2D eigenvalue weighted by Crippen LogP contribution is -2.04. The van der Waals surface area contributed by atoms with Crippen molar-refractivity contribution < 1.29 is 9.90 Å². The van der Waals surface area contributed by atoms with Gasteiger partial charge in [0.05, 0.1) is 5.75 Å².